The Morgan fingerprint density at radius 1 is 1.37 bits per heavy atom. The molecule has 1 fully saturated rings. The van der Waals surface area contributed by atoms with Gasteiger partial charge in [0.2, 0.25) is 0 Å². The van der Waals surface area contributed by atoms with Gasteiger partial charge in [0.15, 0.2) is 0 Å². The number of rotatable bonds is 6. The van der Waals surface area contributed by atoms with E-state index in [0.29, 0.717) is 11.4 Å². The summed E-state index contributed by atoms with van der Waals surface area (Å²) in [5.41, 5.74) is 0.934. The van der Waals surface area contributed by atoms with Crippen molar-refractivity contribution in [1.82, 2.24) is 5.32 Å². The van der Waals surface area contributed by atoms with E-state index in [0.717, 1.165) is 28.1 Å². The molecule has 1 aromatic carbocycles. The first kappa shape index (κ1) is 12.6. The summed E-state index contributed by atoms with van der Waals surface area (Å²) in [7, 11) is 0. The van der Waals surface area contributed by atoms with E-state index in [1.54, 1.807) is 0 Å². The predicted molar refractivity (Wildman–Crippen MR) is 77.8 cm³/mol. The van der Waals surface area contributed by atoms with Crippen LogP contribution in [0.2, 0.25) is 0 Å². The van der Waals surface area contributed by atoms with Crippen LogP contribution in [0.4, 0.5) is 0 Å². The molecule has 100 valence electrons. The smallest absolute Gasteiger partial charge is 0.346 e. The molecular weight excluding hydrogens is 258 g/mol. The summed E-state index contributed by atoms with van der Waals surface area (Å²) in [5, 5.41) is 13.8. The maximum Gasteiger partial charge on any atom is 0.346 e. The van der Waals surface area contributed by atoms with Crippen LogP contribution in [-0.2, 0) is 6.54 Å². The fraction of sp³-hybridized carbons (Fsp3) is 0.400. The summed E-state index contributed by atoms with van der Waals surface area (Å²) < 4.78 is 1.05. The first-order valence-electron chi connectivity index (χ1n) is 6.70. The molecule has 0 unspecified atom stereocenters. The Labute approximate surface area is 116 Å². The van der Waals surface area contributed by atoms with E-state index in [4.69, 9.17) is 0 Å². The number of carboxylic acids is 1. The lowest BCUT2D eigenvalue weighted by atomic mass is 10.1. The van der Waals surface area contributed by atoms with Crippen molar-refractivity contribution in [2.75, 3.05) is 6.54 Å². The van der Waals surface area contributed by atoms with Crippen molar-refractivity contribution in [1.29, 1.82) is 0 Å². The van der Waals surface area contributed by atoms with Crippen molar-refractivity contribution in [3.63, 3.8) is 0 Å². The Bertz CT molecular complexity index is 601. The van der Waals surface area contributed by atoms with Crippen molar-refractivity contribution in [3.05, 3.63) is 34.7 Å². The van der Waals surface area contributed by atoms with Crippen LogP contribution in [0.5, 0.6) is 0 Å². The molecule has 1 aromatic heterocycles. The highest BCUT2D eigenvalue weighted by molar-refractivity contribution is 7.21. The molecule has 2 aromatic rings. The molecule has 0 radical (unpaired) electrons. The van der Waals surface area contributed by atoms with Crippen molar-refractivity contribution in [3.8, 4) is 0 Å². The van der Waals surface area contributed by atoms with Crippen LogP contribution in [0.3, 0.4) is 0 Å². The standard InChI is InChI=1S/C15H17NO2S/c17-15(18)14-12(9-16-8-7-10-5-6-10)11-3-1-2-4-13(11)19-14/h1-4,10,16H,5-9H2,(H,17,18). The highest BCUT2D eigenvalue weighted by atomic mass is 32.1. The molecule has 0 saturated heterocycles. The van der Waals surface area contributed by atoms with Crippen LogP contribution in [0, 0.1) is 5.92 Å². The monoisotopic (exact) mass is 275 g/mol. The third-order valence-electron chi connectivity index (χ3n) is 3.62. The quantitative estimate of drug-likeness (QED) is 0.793. The van der Waals surface area contributed by atoms with Gasteiger partial charge >= 0.3 is 5.97 Å². The van der Waals surface area contributed by atoms with Gasteiger partial charge in [-0.05, 0) is 35.9 Å². The fourth-order valence-electron chi connectivity index (χ4n) is 2.37. The lowest BCUT2D eigenvalue weighted by molar-refractivity contribution is 0.0701. The highest BCUT2D eigenvalue weighted by Gasteiger charge is 2.21. The van der Waals surface area contributed by atoms with Gasteiger partial charge in [-0.2, -0.15) is 0 Å². The molecule has 0 amide bonds. The van der Waals surface area contributed by atoms with Crippen molar-refractivity contribution in [2.45, 2.75) is 25.8 Å². The molecule has 1 aliphatic carbocycles. The van der Waals surface area contributed by atoms with Crippen molar-refractivity contribution >= 4 is 27.4 Å². The van der Waals surface area contributed by atoms with Gasteiger partial charge in [0.05, 0.1) is 0 Å². The minimum absolute atomic E-state index is 0.472. The molecule has 4 heteroatoms. The predicted octanol–water partition coefficient (Wildman–Crippen LogP) is 3.49. The van der Waals surface area contributed by atoms with Crippen LogP contribution >= 0.6 is 11.3 Å². The Hall–Kier alpha value is -1.39. The number of carboxylic acid groups (broad SMARTS) is 1. The summed E-state index contributed by atoms with van der Waals surface area (Å²) in [6, 6.07) is 7.92. The molecule has 0 atom stereocenters. The van der Waals surface area contributed by atoms with Crippen molar-refractivity contribution < 1.29 is 9.90 Å². The van der Waals surface area contributed by atoms with E-state index in [1.807, 2.05) is 24.3 Å². The average molecular weight is 275 g/mol. The molecule has 3 rings (SSSR count). The third kappa shape index (κ3) is 2.80. The zero-order valence-corrected chi connectivity index (χ0v) is 11.5. The van der Waals surface area contributed by atoms with Crippen LogP contribution < -0.4 is 5.32 Å². The number of thiophene rings is 1. The number of aromatic carboxylic acids is 1. The molecule has 0 spiro atoms. The molecule has 2 N–H and O–H groups in total. The number of hydrogen-bond acceptors (Lipinski definition) is 3. The van der Waals surface area contributed by atoms with Gasteiger partial charge in [-0.25, -0.2) is 4.79 Å². The molecule has 0 aliphatic heterocycles. The van der Waals surface area contributed by atoms with Crippen LogP contribution in [0.15, 0.2) is 24.3 Å². The lowest BCUT2D eigenvalue weighted by Gasteiger charge is -2.05. The van der Waals surface area contributed by atoms with Crippen LogP contribution in [0.1, 0.15) is 34.5 Å². The van der Waals surface area contributed by atoms with Gasteiger partial charge < -0.3 is 10.4 Å². The number of nitrogens with one attached hydrogen (secondary N) is 1. The summed E-state index contributed by atoms with van der Waals surface area (Å²) in [4.78, 5) is 11.8. The average Bonchev–Trinajstić information content (AvgIpc) is 3.15. The molecule has 19 heavy (non-hydrogen) atoms. The van der Waals surface area contributed by atoms with Gasteiger partial charge in [-0.3, -0.25) is 0 Å². The second-order valence-corrected chi connectivity index (χ2v) is 6.17. The highest BCUT2D eigenvalue weighted by Crippen LogP contribution is 2.33. The fourth-order valence-corrected chi connectivity index (χ4v) is 3.43. The maximum absolute atomic E-state index is 11.3. The van der Waals surface area contributed by atoms with E-state index < -0.39 is 5.97 Å². The zero-order valence-electron chi connectivity index (χ0n) is 10.7. The SMILES string of the molecule is O=C(O)c1sc2ccccc2c1CNCCC1CC1. The first-order chi connectivity index (χ1) is 9.25. The van der Waals surface area contributed by atoms with Gasteiger partial charge in [-0.15, -0.1) is 11.3 Å². The summed E-state index contributed by atoms with van der Waals surface area (Å²) in [6.45, 7) is 1.63. The number of benzene rings is 1. The van der Waals surface area contributed by atoms with Gasteiger partial charge in [0, 0.05) is 11.2 Å². The summed E-state index contributed by atoms with van der Waals surface area (Å²) in [6.07, 6.45) is 3.94. The second kappa shape index (κ2) is 5.31. The number of carbonyl (C=O) groups is 1. The van der Waals surface area contributed by atoms with Crippen molar-refractivity contribution in [2.24, 2.45) is 5.92 Å². The Kier molecular flexibility index (Phi) is 3.53. The first-order valence-corrected chi connectivity index (χ1v) is 7.52. The lowest BCUT2D eigenvalue weighted by Crippen LogP contribution is -2.16. The topological polar surface area (TPSA) is 49.3 Å². The molecule has 0 bridgehead atoms. The molecule has 1 heterocycles. The van der Waals surface area contributed by atoms with Gasteiger partial charge in [-0.1, -0.05) is 31.0 Å². The minimum Gasteiger partial charge on any atom is -0.477 e. The van der Waals surface area contributed by atoms with Crippen LogP contribution in [-0.4, -0.2) is 17.6 Å². The van der Waals surface area contributed by atoms with Gasteiger partial charge in [0.1, 0.15) is 4.88 Å². The number of fused-ring (bicyclic) bond motifs is 1. The Morgan fingerprint density at radius 3 is 2.89 bits per heavy atom. The van der Waals surface area contributed by atoms with E-state index in [-0.39, 0.29) is 0 Å². The largest absolute Gasteiger partial charge is 0.477 e. The summed E-state index contributed by atoms with van der Waals surface area (Å²) >= 11 is 1.37. The normalized spacial score (nSPS) is 14.9. The molecule has 1 saturated carbocycles. The zero-order chi connectivity index (χ0) is 13.2. The summed E-state index contributed by atoms with van der Waals surface area (Å²) in [5.74, 6) is 0.0888. The second-order valence-electron chi connectivity index (χ2n) is 5.12. The molecule has 3 nitrogen and oxygen atoms in total. The third-order valence-corrected chi connectivity index (χ3v) is 4.82. The van der Waals surface area contributed by atoms with E-state index >= 15 is 0 Å². The molecule has 1 aliphatic rings. The molecular formula is C15H17NO2S. The Balaban J connectivity index is 1.78. The maximum atomic E-state index is 11.3. The minimum atomic E-state index is -0.819. The van der Waals surface area contributed by atoms with Crippen LogP contribution in [0.25, 0.3) is 10.1 Å². The van der Waals surface area contributed by atoms with E-state index in [9.17, 15) is 9.90 Å². The number of hydrogen-bond donors (Lipinski definition) is 2. The van der Waals surface area contributed by atoms with E-state index in [1.165, 1.54) is 30.6 Å². The Morgan fingerprint density at radius 2 is 2.16 bits per heavy atom. The van der Waals surface area contributed by atoms with Gasteiger partial charge in [0.25, 0.3) is 0 Å². The van der Waals surface area contributed by atoms with E-state index in [2.05, 4.69) is 5.32 Å².